The Labute approximate surface area is 150 Å². The molecule has 0 heterocycles. The van der Waals surface area contributed by atoms with Crippen molar-refractivity contribution in [2.24, 2.45) is 5.14 Å². The molecule has 26 heavy (non-hydrogen) atoms. The average Bonchev–Trinajstić information content (AvgIpc) is 2.56. The SMILES string of the molecule is Cc1ccc(O)c(C(=O)O[C@H](C)C(=O)Nc2ccc(S(N)(=O)=O)cc2)c1. The van der Waals surface area contributed by atoms with Crippen LogP contribution in [0.4, 0.5) is 5.69 Å². The standard InChI is InChI=1S/C17H18N2O6S/c1-10-3-8-15(20)14(9-10)17(22)25-11(2)16(21)19-12-4-6-13(7-5-12)26(18,23)24/h3-9,11,20H,1-2H3,(H,19,21)(H2,18,23,24)/t11-/m1/s1. The van der Waals surface area contributed by atoms with E-state index in [-0.39, 0.29) is 16.2 Å². The summed E-state index contributed by atoms with van der Waals surface area (Å²) in [6, 6.07) is 9.65. The van der Waals surface area contributed by atoms with E-state index in [2.05, 4.69) is 5.32 Å². The number of nitrogens with one attached hydrogen (secondary N) is 1. The molecule has 4 N–H and O–H groups in total. The van der Waals surface area contributed by atoms with Crippen molar-refractivity contribution in [1.82, 2.24) is 0 Å². The molecular weight excluding hydrogens is 360 g/mol. The van der Waals surface area contributed by atoms with Gasteiger partial charge in [0, 0.05) is 5.69 Å². The number of aromatic hydroxyl groups is 1. The number of carbonyl (C=O) groups excluding carboxylic acids is 2. The summed E-state index contributed by atoms with van der Waals surface area (Å²) in [6.07, 6.45) is -1.14. The molecular formula is C17H18N2O6S. The lowest BCUT2D eigenvalue weighted by Gasteiger charge is -2.14. The molecule has 2 aromatic rings. The summed E-state index contributed by atoms with van der Waals surface area (Å²) in [5.41, 5.74) is 1.02. The number of ether oxygens (including phenoxy) is 1. The summed E-state index contributed by atoms with van der Waals surface area (Å²) in [5, 5.41) is 17.2. The van der Waals surface area contributed by atoms with E-state index in [0.29, 0.717) is 5.69 Å². The number of phenols is 1. The lowest BCUT2D eigenvalue weighted by Crippen LogP contribution is -2.30. The Hall–Kier alpha value is -2.91. The minimum absolute atomic E-state index is 0.0397. The molecule has 0 aliphatic carbocycles. The maximum absolute atomic E-state index is 12.1. The van der Waals surface area contributed by atoms with Crippen molar-refractivity contribution in [3.05, 3.63) is 53.6 Å². The molecule has 0 aliphatic heterocycles. The zero-order chi connectivity index (χ0) is 19.5. The highest BCUT2D eigenvalue weighted by Crippen LogP contribution is 2.20. The topological polar surface area (TPSA) is 136 Å². The third-order valence-corrected chi connectivity index (χ3v) is 4.40. The molecule has 2 aromatic carbocycles. The van der Waals surface area contributed by atoms with Gasteiger partial charge < -0.3 is 15.2 Å². The summed E-state index contributed by atoms with van der Waals surface area (Å²) >= 11 is 0. The highest BCUT2D eigenvalue weighted by atomic mass is 32.2. The smallest absolute Gasteiger partial charge is 0.342 e. The molecule has 0 saturated heterocycles. The number of hydrogen-bond acceptors (Lipinski definition) is 6. The Balaban J connectivity index is 2.03. The van der Waals surface area contributed by atoms with Crippen LogP contribution in [0.2, 0.25) is 0 Å². The average molecular weight is 378 g/mol. The molecule has 0 aliphatic rings. The zero-order valence-corrected chi connectivity index (χ0v) is 14.9. The van der Waals surface area contributed by atoms with Gasteiger partial charge in [-0.3, -0.25) is 4.79 Å². The molecule has 9 heteroatoms. The van der Waals surface area contributed by atoms with Gasteiger partial charge in [-0.2, -0.15) is 0 Å². The largest absolute Gasteiger partial charge is 0.507 e. The van der Waals surface area contributed by atoms with Gasteiger partial charge in [0.25, 0.3) is 5.91 Å². The van der Waals surface area contributed by atoms with Crippen molar-refractivity contribution in [3.63, 3.8) is 0 Å². The van der Waals surface area contributed by atoms with Gasteiger partial charge in [-0.1, -0.05) is 11.6 Å². The minimum Gasteiger partial charge on any atom is -0.507 e. The van der Waals surface area contributed by atoms with E-state index < -0.39 is 28.0 Å². The normalized spacial score (nSPS) is 12.3. The minimum atomic E-state index is -3.82. The summed E-state index contributed by atoms with van der Waals surface area (Å²) in [4.78, 5) is 24.1. The molecule has 1 amide bonds. The van der Waals surface area contributed by atoms with Crippen molar-refractivity contribution >= 4 is 27.6 Å². The first-order chi connectivity index (χ1) is 12.1. The predicted octanol–water partition coefficient (Wildman–Crippen LogP) is 1.53. The van der Waals surface area contributed by atoms with Crippen LogP contribution in [-0.4, -0.2) is 31.5 Å². The fourth-order valence-electron chi connectivity index (χ4n) is 2.06. The van der Waals surface area contributed by atoms with Crippen LogP contribution in [0.1, 0.15) is 22.8 Å². The predicted molar refractivity (Wildman–Crippen MR) is 94.2 cm³/mol. The number of aryl methyl sites for hydroxylation is 1. The second kappa shape index (κ2) is 7.54. The number of rotatable bonds is 5. The third kappa shape index (κ3) is 4.80. The Morgan fingerprint density at radius 1 is 1.15 bits per heavy atom. The first kappa shape index (κ1) is 19.4. The maximum atomic E-state index is 12.1. The molecule has 0 aromatic heterocycles. The number of anilines is 1. The fraction of sp³-hybridized carbons (Fsp3) is 0.176. The summed E-state index contributed by atoms with van der Waals surface area (Å²) in [6.45, 7) is 3.12. The van der Waals surface area contributed by atoms with Crippen LogP contribution in [0, 0.1) is 6.92 Å². The molecule has 0 fully saturated rings. The van der Waals surface area contributed by atoms with Gasteiger partial charge >= 0.3 is 5.97 Å². The van der Waals surface area contributed by atoms with Gasteiger partial charge in [-0.05, 0) is 50.2 Å². The van der Waals surface area contributed by atoms with Crippen molar-refractivity contribution in [3.8, 4) is 5.75 Å². The molecule has 0 unspecified atom stereocenters. The number of amides is 1. The van der Waals surface area contributed by atoms with Crippen LogP contribution < -0.4 is 10.5 Å². The van der Waals surface area contributed by atoms with E-state index >= 15 is 0 Å². The van der Waals surface area contributed by atoms with Crippen LogP contribution in [-0.2, 0) is 19.6 Å². The summed E-state index contributed by atoms with van der Waals surface area (Å²) in [5.74, 6) is -1.70. The molecule has 1 atom stereocenters. The Bertz CT molecular complexity index is 938. The van der Waals surface area contributed by atoms with E-state index in [9.17, 15) is 23.1 Å². The molecule has 8 nitrogen and oxygen atoms in total. The number of phenolic OH excluding ortho intramolecular Hbond substituents is 1. The fourth-order valence-corrected chi connectivity index (χ4v) is 2.58. The van der Waals surface area contributed by atoms with Crippen LogP contribution in [0.25, 0.3) is 0 Å². The molecule has 138 valence electrons. The first-order valence-electron chi connectivity index (χ1n) is 7.52. The zero-order valence-electron chi connectivity index (χ0n) is 14.1. The molecule has 0 bridgehead atoms. The van der Waals surface area contributed by atoms with E-state index in [4.69, 9.17) is 9.88 Å². The number of esters is 1. The second-order valence-electron chi connectivity index (χ2n) is 5.63. The number of sulfonamides is 1. The van der Waals surface area contributed by atoms with Gasteiger partial charge in [-0.25, -0.2) is 18.4 Å². The van der Waals surface area contributed by atoms with Crippen molar-refractivity contribution in [2.75, 3.05) is 5.32 Å². The lowest BCUT2D eigenvalue weighted by molar-refractivity contribution is -0.123. The third-order valence-electron chi connectivity index (χ3n) is 3.48. The Kier molecular flexibility index (Phi) is 5.63. The second-order valence-corrected chi connectivity index (χ2v) is 7.19. The monoisotopic (exact) mass is 378 g/mol. The van der Waals surface area contributed by atoms with Gasteiger partial charge in [0.15, 0.2) is 6.10 Å². The molecule has 0 spiro atoms. The highest BCUT2D eigenvalue weighted by Gasteiger charge is 2.21. The van der Waals surface area contributed by atoms with Crippen molar-refractivity contribution in [1.29, 1.82) is 0 Å². The quantitative estimate of drug-likeness (QED) is 0.675. The van der Waals surface area contributed by atoms with Crippen molar-refractivity contribution in [2.45, 2.75) is 24.8 Å². The summed E-state index contributed by atoms with van der Waals surface area (Å²) in [7, 11) is -3.82. The Morgan fingerprint density at radius 2 is 1.77 bits per heavy atom. The van der Waals surface area contributed by atoms with Crippen LogP contribution >= 0.6 is 0 Å². The number of nitrogens with two attached hydrogens (primary N) is 1. The number of primary sulfonamides is 1. The number of benzene rings is 2. The first-order valence-corrected chi connectivity index (χ1v) is 9.07. The van der Waals surface area contributed by atoms with Gasteiger partial charge in [-0.15, -0.1) is 0 Å². The highest BCUT2D eigenvalue weighted by molar-refractivity contribution is 7.89. The lowest BCUT2D eigenvalue weighted by atomic mass is 10.1. The Morgan fingerprint density at radius 3 is 2.35 bits per heavy atom. The van der Waals surface area contributed by atoms with Crippen LogP contribution in [0.5, 0.6) is 5.75 Å². The van der Waals surface area contributed by atoms with Crippen LogP contribution in [0.3, 0.4) is 0 Å². The van der Waals surface area contributed by atoms with E-state index in [0.717, 1.165) is 5.56 Å². The van der Waals surface area contributed by atoms with E-state index in [1.165, 1.54) is 43.3 Å². The molecule has 0 saturated carbocycles. The number of hydrogen-bond donors (Lipinski definition) is 3. The van der Waals surface area contributed by atoms with Gasteiger partial charge in [0.05, 0.1) is 4.90 Å². The van der Waals surface area contributed by atoms with Gasteiger partial charge in [0.1, 0.15) is 11.3 Å². The van der Waals surface area contributed by atoms with Crippen molar-refractivity contribution < 1.29 is 27.9 Å². The van der Waals surface area contributed by atoms with Gasteiger partial charge in [0.2, 0.25) is 10.0 Å². The summed E-state index contributed by atoms with van der Waals surface area (Å²) < 4.78 is 27.4. The maximum Gasteiger partial charge on any atom is 0.342 e. The molecule has 2 rings (SSSR count). The van der Waals surface area contributed by atoms with E-state index in [1.807, 2.05) is 0 Å². The van der Waals surface area contributed by atoms with E-state index in [1.54, 1.807) is 13.0 Å². The van der Waals surface area contributed by atoms with Crippen LogP contribution in [0.15, 0.2) is 47.4 Å². The molecule has 0 radical (unpaired) electrons. The number of carbonyl (C=O) groups is 2.